The molecule has 0 amide bonds. The zero-order valence-corrected chi connectivity index (χ0v) is 11.2. The first-order chi connectivity index (χ1) is 9.86. The molecule has 3 rings (SSSR count). The van der Waals surface area contributed by atoms with Crippen LogP contribution in [0.2, 0.25) is 0 Å². The molecular formula is C13H16N4O3. The van der Waals surface area contributed by atoms with Crippen LogP contribution < -0.4 is 19.5 Å². The summed E-state index contributed by atoms with van der Waals surface area (Å²) in [7, 11) is 1.62. The van der Waals surface area contributed by atoms with E-state index in [1.165, 1.54) is 6.33 Å². The van der Waals surface area contributed by atoms with Crippen molar-refractivity contribution in [3.8, 4) is 17.2 Å². The molecule has 0 radical (unpaired) electrons. The second-order valence-corrected chi connectivity index (χ2v) is 4.36. The van der Waals surface area contributed by atoms with Crippen LogP contribution >= 0.6 is 0 Å². The summed E-state index contributed by atoms with van der Waals surface area (Å²) in [6.45, 7) is 2.40. The lowest BCUT2D eigenvalue weighted by Gasteiger charge is -2.21. The van der Waals surface area contributed by atoms with Gasteiger partial charge in [0.25, 0.3) is 0 Å². The highest BCUT2D eigenvalue weighted by molar-refractivity contribution is 5.54. The minimum absolute atomic E-state index is 0.548. The lowest BCUT2D eigenvalue weighted by molar-refractivity contribution is 0.165. The van der Waals surface area contributed by atoms with E-state index in [9.17, 15) is 0 Å². The first-order valence-electron chi connectivity index (χ1n) is 6.38. The lowest BCUT2D eigenvalue weighted by atomic mass is 10.1. The molecule has 20 heavy (non-hydrogen) atoms. The van der Waals surface area contributed by atoms with Crippen LogP contribution in [0.15, 0.2) is 18.5 Å². The van der Waals surface area contributed by atoms with Gasteiger partial charge in [0.2, 0.25) is 5.75 Å². The molecule has 0 aliphatic carbocycles. The minimum Gasteiger partial charge on any atom is -0.493 e. The number of benzene rings is 1. The number of ether oxygens (including phenoxy) is 3. The molecule has 1 aliphatic heterocycles. The van der Waals surface area contributed by atoms with Gasteiger partial charge in [-0.1, -0.05) is 0 Å². The number of rotatable bonds is 5. The Morgan fingerprint density at radius 1 is 1.30 bits per heavy atom. The molecule has 0 saturated carbocycles. The molecule has 106 valence electrons. The van der Waals surface area contributed by atoms with Crippen molar-refractivity contribution in [1.29, 1.82) is 0 Å². The summed E-state index contributed by atoms with van der Waals surface area (Å²) < 4.78 is 16.5. The molecular weight excluding hydrogens is 260 g/mol. The van der Waals surface area contributed by atoms with Gasteiger partial charge in [0, 0.05) is 6.54 Å². The first kappa shape index (κ1) is 12.7. The molecule has 2 N–H and O–H groups in total. The van der Waals surface area contributed by atoms with Crippen molar-refractivity contribution in [1.82, 2.24) is 20.5 Å². The van der Waals surface area contributed by atoms with E-state index in [1.54, 1.807) is 7.11 Å². The molecule has 0 atom stereocenters. The van der Waals surface area contributed by atoms with Crippen molar-refractivity contribution in [3.05, 3.63) is 29.8 Å². The Bertz CT molecular complexity index is 554. The maximum Gasteiger partial charge on any atom is 0.203 e. The molecule has 0 fully saturated rings. The Labute approximate surface area is 116 Å². The van der Waals surface area contributed by atoms with Crippen molar-refractivity contribution in [2.75, 3.05) is 20.3 Å². The van der Waals surface area contributed by atoms with Crippen molar-refractivity contribution in [2.24, 2.45) is 0 Å². The molecule has 7 heteroatoms. The van der Waals surface area contributed by atoms with E-state index in [2.05, 4.69) is 20.5 Å². The van der Waals surface area contributed by atoms with Crippen LogP contribution in [0.3, 0.4) is 0 Å². The van der Waals surface area contributed by atoms with Gasteiger partial charge in [-0.2, -0.15) is 5.10 Å². The highest BCUT2D eigenvalue weighted by Crippen LogP contribution is 2.40. The second-order valence-electron chi connectivity index (χ2n) is 4.36. The zero-order chi connectivity index (χ0) is 13.8. The number of nitrogens with one attached hydrogen (secondary N) is 2. The topological polar surface area (TPSA) is 81.3 Å². The van der Waals surface area contributed by atoms with E-state index < -0.39 is 0 Å². The summed E-state index contributed by atoms with van der Waals surface area (Å²) in [6, 6.07) is 3.91. The number of hydrogen-bond acceptors (Lipinski definition) is 6. The maximum atomic E-state index is 5.60. The zero-order valence-electron chi connectivity index (χ0n) is 11.2. The second kappa shape index (κ2) is 5.79. The van der Waals surface area contributed by atoms with Crippen molar-refractivity contribution in [3.63, 3.8) is 0 Å². The van der Waals surface area contributed by atoms with Crippen molar-refractivity contribution >= 4 is 0 Å². The quantitative estimate of drug-likeness (QED) is 0.843. The summed E-state index contributed by atoms with van der Waals surface area (Å²) in [4.78, 5) is 4.05. The summed E-state index contributed by atoms with van der Waals surface area (Å²) in [5, 5.41) is 9.88. The molecule has 2 heterocycles. The highest BCUT2D eigenvalue weighted by atomic mass is 16.6. The third-order valence-corrected chi connectivity index (χ3v) is 2.97. The van der Waals surface area contributed by atoms with Gasteiger partial charge in [0.05, 0.1) is 13.7 Å². The standard InChI is InChI=1S/C13H16N4O3/c1-18-10-4-9(5-11-13(10)20-3-2-19-11)6-14-7-12-15-8-16-17-12/h4-5,8,14H,2-3,6-7H2,1H3,(H,15,16,17). The summed E-state index contributed by atoms with van der Waals surface area (Å²) in [6.07, 6.45) is 1.49. The number of methoxy groups -OCH3 is 1. The lowest BCUT2D eigenvalue weighted by Crippen LogP contribution is -2.17. The minimum atomic E-state index is 0.548. The van der Waals surface area contributed by atoms with Crippen LogP contribution in [-0.2, 0) is 13.1 Å². The van der Waals surface area contributed by atoms with Gasteiger partial charge in [0.15, 0.2) is 11.5 Å². The average molecular weight is 276 g/mol. The molecule has 0 spiro atoms. The SMILES string of the molecule is COc1cc(CNCc2ncn[nH]2)cc2c1OCCO2. The number of H-pyrrole nitrogens is 1. The van der Waals surface area contributed by atoms with Gasteiger partial charge < -0.3 is 19.5 Å². The largest absolute Gasteiger partial charge is 0.493 e. The van der Waals surface area contributed by atoms with Crippen molar-refractivity contribution in [2.45, 2.75) is 13.1 Å². The van der Waals surface area contributed by atoms with Gasteiger partial charge in [-0.3, -0.25) is 5.10 Å². The predicted molar refractivity (Wildman–Crippen MR) is 70.9 cm³/mol. The van der Waals surface area contributed by atoms with Crippen LogP contribution in [0, 0.1) is 0 Å². The summed E-state index contributed by atoms with van der Waals surface area (Å²) in [5.41, 5.74) is 1.06. The molecule has 0 unspecified atom stereocenters. The van der Waals surface area contributed by atoms with E-state index in [-0.39, 0.29) is 0 Å². The Morgan fingerprint density at radius 2 is 2.20 bits per heavy atom. The number of aromatic amines is 1. The van der Waals surface area contributed by atoms with E-state index in [4.69, 9.17) is 14.2 Å². The monoisotopic (exact) mass is 276 g/mol. The third-order valence-electron chi connectivity index (χ3n) is 2.97. The number of fused-ring (bicyclic) bond motifs is 1. The molecule has 7 nitrogen and oxygen atoms in total. The Morgan fingerprint density at radius 3 is 3.00 bits per heavy atom. The van der Waals surface area contributed by atoms with Gasteiger partial charge in [-0.25, -0.2) is 4.98 Å². The fraction of sp³-hybridized carbons (Fsp3) is 0.385. The Balaban J connectivity index is 1.69. The summed E-state index contributed by atoms with van der Waals surface area (Å²) >= 11 is 0. The van der Waals surface area contributed by atoms with E-state index >= 15 is 0 Å². The van der Waals surface area contributed by atoms with Crippen LogP contribution in [-0.4, -0.2) is 35.5 Å². The van der Waals surface area contributed by atoms with E-state index in [0.29, 0.717) is 37.8 Å². The molecule has 2 aromatic rings. The van der Waals surface area contributed by atoms with E-state index in [0.717, 1.165) is 17.1 Å². The van der Waals surface area contributed by atoms with Crippen LogP contribution in [0.1, 0.15) is 11.4 Å². The molecule has 1 aromatic carbocycles. The third kappa shape index (κ3) is 2.67. The maximum absolute atomic E-state index is 5.60. The fourth-order valence-corrected chi connectivity index (χ4v) is 2.07. The normalized spacial score (nSPS) is 13.2. The number of nitrogens with zero attached hydrogens (tertiary/aromatic N) is 2. The molecule has 1 aromatic heterocycles. The highest BCUT2D eigenvalue weighted by Gasteiger charge is 2.18. The van der Waals surface area contributed by atoms with Crippen LogP contribution in [0.5, 0.6) is 17.2 Å². The molecule has 0 saturated heterocycles. The van der Waals surface area contributed by atoms with Gasteiger partial charge >= 0.3 is 0 Å². The average Bonchev–Trinajstić information content (AvgIpc) is 2.99. The Hall–Kier alpha value is -2.28. The van der Waals surface area contributed by atoms with E-state index in [1.807, 2.05) is 12.1 Å². The van der Waals surface area contributed by atoms with Crippen LogP contribution in [0.25, 0.3) is 0 Å². The van der Waals surface area contributed by atoms with Gasteiger partial charge in [-0.15, -0.1) is 0 Å². The summed E-state index contributed by atoms with van der Waals surface area (Å²) in [5.74, 6) is 2.90. The number of hydrogen-bond donors (Lipinski definition) is 2. The van der Waals surface area contributed by atoms with Crippen LogP contribution in [0.4, 0.5) is 0 Å². The van der Waals surface area contributed by atoms with Crippen molar-refractivity contribution < 1.29 is 14.2 Å². The Kier molecular flexibility index (Phi) is 3.69. The molecule has 0 bridgehead atoms. The fourth-order valence-electron chi connectivity index (χ4n) is 2.07. The molecule has 1 aliphatic rings. The predicted octanol–water partition coefficient (Wildman–Crippen LogP) is 0.874. The number of aromatic nitrogens is 3. The smallest absolute Gasteiger partial charge is 0.203 e. The van der Waals surface area contributed by atoms with Gasteiger partial charge in [0.1, 0.15) is 25.4 Å². The first-order valence-corrected chi connectivity index (χ1v) is 6.38. The van der Waals surface area contributed by atoms with Gasteiger partial charge in [-0.05, 0) is 17.7 Å².